The summed E-state index contributed by atoms with van der Waals surface area (Å²) in [6.07, 6.45) is 2.84. The molecule has 0 unspecified atom stereocenters. The van der Waals surface area contributed by atoms with Gasteiger partial charge in [0.1, 0.15) is 10.8 Å². The number of piperazine rings is 1. The topological polar surface area (TPSA) is 52.6 Å². The molecule has 0 N–H and O–H groups in total. The molecule has 2 rings (SSSR count). The van der Waals surface area contributed by atoms with E-state index >= 15 is 0 Å². The van der Waals surface area contributed by atoms with E-state index in [0.717, 1.165) is 39.3 Å². The highest BCUT2D eigenvalue weighted by molar-refractivity contribution is 6.29. The van der Waals surface area contributed by atoms with Crippen molar-refractivity contribution < 1.29 is 4.79 Å². The highest BCUT2D eigenvalue weighted by Gasteiger charge is 2.22. The Morgan fingerprint density at radius 2 is 1.95 bits per heavy atom. The maximum absolute atomic E-state index is 12.2. The summed E-state index contributed by atoms with van der Waals surface area (Å²) in [5.41, 5.74) is 0.358. The molecule has 0 atom stereocenters. The average Bonchev–Trinajstić information content (AvgIpc) is 2.46. The molecular formula is C13H20ClN5O. The molecule has 1 amide bonds. The lowest BCUT2D eigenvalue weighted by molar-refractivity contribution is 0.0623. The van der Waals surface area contributed by atoms with E-state index in [-0.39, 0.29) is 5.91 Å². The van der Waals surface area contributed by atoms with Gasteiger partial charge in [0.05, 0.1) is 12.4 Å². The lowest BCUT2D eigenvalue weighted by atomic mass is 10.2. The molecule has 1 aromatic heterocycles. The number of amides is 1. The zero-order chi connectivity index (χ0) is 14.5. The molecule has 1 aliphatic rings. The van der Waals surface area contributed by atoms with Crippen LogP contribution in [0.3, 0.4) is 0 Å². The fourth-order valence-electron chi connectivity index (χ4n) is 2.10. The van der Waals surface area contributed by atoms with Crippen LogP contribution in [0.15, 0.2) is 12.4 Å². The summed E-state index contributed by atoms with van der Waals surface area (Å²) in [7, 11) is 4.14. The first-order valence-corrected chi connectivity index (χ1v) is 7.08. The van der Waals surface area contributed by atoms with Crippen molar-refractivity contribution in [3.63, 3.8) is 0 Å². The predicted octanol–water partition coefficient (Wildman–Crippen LogP) is 0.449. The van der Waals surface area contributed by atoms with E-state index in [4.69, 9.17) is 11.6 Å². The highest BCUT2D eigenvalue weighted by atomic mass is 35.5. The number of nitrogens with zero attached hydrogens (tertiary/aromatic N) is 5. The molecule has 110 valence electrons. The molecule has 6 nitrogen and oxygen atoms in total. The summed E-state index contributed by atoms with van der Waals surface area (Å²) < 4.78 is 0. The molecule has 0 aliphatic carbocycles. The number of carbonyl (C=O) groups excluding carboxylic acids is 1. The molecule has 1 saturated heterocycles. The predicted molar refractivity (Wildman–Crippen MR) is 77.9 cm³/mol. The van der Waals surface area contributed by atoms with Crippen molar-refractivity contribution in [2.45, 2.75) is 0 Å². The molecule has 1 fully saturated rings. The van der Waals surface area contributed by atoms with Gasteiger partial charge < -0.3 is 9.80 Å². The monoisotopic (exact) mass is 297 g/mol. The minimum absolute atomic E-state index is 0.0681. The molecule has 1 aliphatic heterocycles. The third kappa shape index (κ3) is 4.13. The van der Waals surface area contributed by atoms with Crippen molar-refractivity contribution in [1.29, 1.82) is 0 Å². The van der Waals surface area contributed by atoms with Crippen LogP contribution in [-0.4, -0.2) is 83.9 Å². The SMILES string of the molecule is CN(C)CCN1CCN(C(=O)c2cnc(Cl)cn2)CC1. The summed E-state index contributed by atoms with van der Waals surface area (Å²) in [5.74, 6) is -0.0681. The van der Waals surface area contributed by atoms with Crippen LogP contribution in [-0.2, 0) is 0 Å². The normalized spacial score (nSPS) is 16.7. The third-order valence-electron chi connectivity index (χ3n) is 3.36. The van der Waals surface area contributed by atoms with E-state index in [2.05, 4.69) is 33.9 Å². The second-order valence-corrected chi connectivity index (χ2v) is 5.55. The van der Waals surface area contributed by atoms with Gasteiger partial charge >= 0.3 is 0 Å². The number of hydrogen-bond acceptors (Lipinski definition) is 5. The van der Waals surface area contributed by atoms with E-state index in [9.17, 15) is 4.79 Å². The number of hydrogen-bond donors (Lipinski definition) is 0. The Hall–Kier alpha value is -1.24. The van der Waals surface area contributed by atoms with Gasteiger partial charge in [-0.05, 0) is 14.1 Å². The molecule has 0 bridgehead atoms. The molecular weight excluding hydrogens is 278 g/mol. The maximum atomic E-state index is 12.2. The van der Waals surface area contributed by atoms with Gasteiger partial charge in [-0.1, -0.05) is 11.6 Å². The van der Waals surface area contributed by atoms with Crippen molar-refractivity contribution in [1.82, 2.24) is 24.7 Å². The fourth-order valence-corrected chi connectivity index (χ4v) is 2.20. The number of carbonyl (C=O) groups is 1. The molecule has 0 saturated carbocycles. The molecule has 20 heavy (non-hydrogen) atoms. The zero-order valence-electron chi connectivity index (χ0n) is 11.9. The number of likely N-dealkylation sites (N-methyl/N-ethyl adjacent to an activating group) is 1. The Kier molecular flexibility index (Phi) is 5.28. The molecule has 1 aromatic rings. The van der Waals surface area contributed by atoms with Crippen molar-refractivity contribution in [2.24, 2.45) is 0 Å². The average molecular weight is 298 g/mol. The van der Waals surface area contributed by atoms with E-state index in [1.165, 1.54) is 12.4 Å². The van der Waals surface area contributed by atoms with E-state index in [1.54, 1.807) is 0 Å². The highest BCUT2D eigenvalue weighted by Crippen LogP contribution is 2.08. The van der Waals surface area contributed by atoms with Crippen LogP contribution in [0, 0.1) is 0 Å². The summed E-state index contributed by atoms with van der Waals surface area (Å²) in [4.78, 5) is 26.5. The third-order valence-corrected chi connectivity index (χ3v) is 3.56. The lowest BCUT2D eigenvalue weighted by Gasteiger charge is -2.34. The van der Waals surface area contributed by atoms with Gasteiger partial charge in [0.15, 0.2) is 0 Å². The van der Waals surface area contributed by atoms with Gasteiger partial charge in [-0.3, -0.25) is 9.69 Å². The Morgan fingerprint density at radius 3 is 2.50 bits per heavy atom. The van der Waals surface area contributed by atoms with Gasteiger partial charge in [0.25, 0.3) is 5.91 Å². The summed E-state index contributed by atoms with van der Waals surface area (Å²) in [6, 6.07) is 0. The van der Waals surface area contributed by atoms with Crippen LogP contribution in [0.25, 0.3) is 0 Å². The number of rotatable bonds is 4. The lowest BCUT2D eigenvalue weighted by Crippen LogP contribution is -2.50. The van der Waals surface area contributed by atoms with Crippen molar-refractivity contribution >= 4 is 17.5 Å². The minimum Gasteiger partial charge on any atom is -0.335 e. The number of aromatic nitrogens is 2. The molecule has 2 heterocycles. The van der Waals surface area contributed by atoms with E-state index < -0.39 is 0 Å². The fraction of sp³-hybridized carbons (Fsp3) is 0.615. The van der Waals surface area contributed by atoms with Gasteiger partial charge in [-0.2, -0.15) is 0 Å². The van der Waals surface area contributed by atoms with Crippen LogP contribution < -0.4 is 0 Å². The smallest absolute Gasteiger partial charge is 0.274 e. The molecule has 0 aromatic carbocycles. The number of halogens is 1. The van der Waals surface area contributed by atoms with Gasteiger partial charge in [-0.25, -0.2) is 9.97 Å². The van der Waals surface area contributed by atoms with Crippen molar-refractivity contribution in [3.8, 4) is 0 Å². The second kappa shape index (κ2) is 6.97. The van der Waals surface area contributed by atoms with Crippen LogP contribution in [0.4, 0.5) is 0 Å². The van der Waals surface area contributed by atoms with Gasteiger partial charge in [-0.15, -0.1) is 0 Å². The Bertz CT molecular complexity index is 443. The Labute approximate surface area is 124 Å². The van der Waals surface area contributed by atoms with Crippen LogP contribution in [0.1, 0.15) is 10.5 Å². The van der Waals surface area contributed by atoms with E-state index in [0.29, 0.717) is 10.8 Å². The quantitative estimate of drug-likeness (QED) is 0.808. The summed E-state index contributed by atoms with van der Waals surface area (Å²) >= 11 is 5.67. The second-order valence-electron chi connectivity index (χ2n) is 5.16. The first-order valence-electron chi connectivity index (χ1n) is 6.70. The van der Waals surface area contributed by atoms with Crippen LogP contribution in [0.5, 0.6) is 0 Å². The summed E-state index contributed by atoms with van der Waals surface area (Å²) in [5, 5.41) is 0.301. The first kappa shape index (κ1) is 15.2. The van der Waals surface area contributed by atoms with Gasteiger partial charge in [0.2, 0.25) is 0 Å². The first-order chi connectivity index (χ1) is 9.56. The molecule has 0 radical (unpaired) electrons. The maximum Gasteiger partial charge on any atom is 0.274 e. The van der Waals surface area contributed by atoms with Crippen LogP contribution >= 0.6 is 11.6 Å². The zero-order valence-corrected chi connectivity index (χ0v) is 12.7. The summed E-state index contributed by atoms with van der Waals surface area (Å²) in [6.45, 7) is 5.35. The Morgan fingerprint density at radius 1 is 1.25 bits per heavy atom. The largest absolute Gasteiger partial charge is 0.335 e. The molecule has 0 spiro atoms. The standard InChI is InChI=1S/C13H20ClN5O/c1-17(2)3-4-18-5-7-19(8-6-18)13(20)11-9-16-12(14)10-15-11/h9-10H,3-8H2,1-2H3. The van der Waals surface area contributed by atoms with Gasteiger partial charge in [0, 0.05) is 39.3 Å². The van der Waals surface area contributed by atoms with Crippen molar-refractivity contribution in [2.75, 3.05) is 53.4 Å². The molecule has 7 heteroatoms. The van der Waals surface area contributed by atoms with Crippen LogP contribution in [0.2, 0.25) is 5.15 Å². The minimum atomic E-state index is -0.0681. The van der Waals surface area contributed by atoms with E-state index in [1.807, 2.05) is 4.90 Å². The van der Waals surface area contributed by atoms with Crippen molar-refractivity contribution in [3.05, 3.63) is 23.2 Å². The Balaban J connectivity index is 1.84.